The van der Waals surface area contributed by atoms with Crippen LogP contribution in [0.5, 0.6) is 11.5 Å². The molecule has 278 valence electrons. The maximum atomic E-state index is 14.3. The average molecular weight is 752 g/mol. The topological polar surface area (TPSA) is 166 Å². The lowest BCUT2D eigenvalue weighted by Crippen LogP contribution is -2.57. The number of carbonyl (C=O) groups excluding carboxylic acids is 3. The number of ether oxygens (including phenoxy) is 3. The highest BCUT2D eigenvalue weighted by Crippen LogP contribution is 2.47. The zero-order chi connectivity index (χ0) is 37.0. The van der Waals surface area contributed by atoms with Crippen molar-refractivity contribution in [3.8, 4) is 22.9 Å². The van der Waals surface area contributed by atoms with Crippen molar-refractivity contribution in [2.75, 3.05) is 20.3 Å². The fourth-order valence-electron chi connectivity index (χ4n) is 7.12. The van der Waals surface area contributed by atoms with Crippen LogP contribution in [-0.4, -0.2) is 89.8 Å². The molecule has 0 radical (unpaired) electrons. The molecule has 2 N–H and O–H groups in total. The number of rotatable bonds is 7. The Balaban J connectivity index is 1.21. The van der Waals surface area contributed by atoms with E-state index in [0.29, 0.717) is 47.9 Å². The second-order valence-electron chi connectivity index (χ2n) is 14.6. The van der Waals surface area contributed by atoms with Crippen molar-refractivity contribution in [2.24, 2.45) is 5.92 Å². The lowest BCUT2D eigenvalue weighted by atomic mass is 10.1. The Morgan fingerprint density at radius 3 is 2.63 bits per heavy atom. The van der Waals surface area contributed by atoms with E-state index in [0.717, 1.165) is 35.2 Å². The first-order chi connectivity index (χ1) is 24.7. The van der Waals surface area contributed by atoms with Crippen molar-refractivity contribution in [3.63, 3.8) is 0 Å². The van der Waals surface area contributed by atoms with Crippen molar-refractivity contribution in [2.45, 2.75) is 101 Å². The SMILES string of the molecule is COc1ccc2c(O[C@@H]3C[C@H]4C(=O)N[C@]5(C(=O)NS(=O)(=O)C6(C)CC6)C[C@H]5/C=C\CCCCO[C@H](C)C(=O)N4C3)cc(-c3csc(C)n3)nc2c1C. The van der Waals surface area contributed by atoms with Crippen LogP contribution in [0.2, 0.25) is 0 Å². The van der Waals surface area contributed by atoms with Crippen LogP contribution in [0.3, 0.4) is 0 Å². The van der Waals surface area contributed by atoms with Crippen molar-refractivity contribution in [1.29, 1.82) is 0 Å². The Kier molecular flexibility index (Phi) is 9.57. The summed E-state index contributed by atoms with van der Waals surface area (Å²) >= 11 is 1.51. The van der Waals surface area contributed by atoms with Gasteiger partial charge in [-0.3, -0.25) is 19.1 Å². The molecule has 2 aromatic heterocycles. The van der Waals surface area contributed by atoms with Gasteiger partial charge < -0.3 is 24.4 Å². The molecule has 2 aliphatic heterocycles. The highest BCUT2D eigenvalue weighted by atomic mass is 32.2. The monoisotopic (exact) mass is 751 g/mol. The molecule has 4 heterocycles. The van der Waals surface area contributed by atoms with Gasteiger partial charge in [0.2, 0.25) is 15.9 Å². The summed E-state index contributed by atoms with van der Waals surface area (Å²) in [6.07, 6.45) is 5.96. The van der Waals surface area contributed by atoms with E-state index in [-0.39, 0.29) is 25.3 Å². The number of carbonyl (C=O) groups is 3. The molecule has 3 amide bonds. The van der Waals surface area contributed by atoms with Crippen LogP contribution < -0.4 is 19.5 Å². The number of amides is 3. The minimum Gasteiger partial charge on any atom is -0.496 e. The van der Waals surface area contributed by atoms with Crippen LogP contribution in [0.4, 0.5) is 0 Å². The molecule has 52 heavy (non-hydrogen) atoms. The summed E-state index contributed by atoms with van der Waals surface area (Å²) in [5.41, 5.74) is 1.36. The summed E-state index contributed by atoms with van der Waals surface area (Å²) in [5, 5.41) is 6.48. The Morgan fingerprint density at radius 1 is 1.13 bits per heavy atom. The van der Waals surface area contributed by atoms with Crippen LogP contribution >= 0.6 is 11.3 Å². The molecule has 3 aromatic rings. The number of sulfonamides is 1. The first kappa shape index (κ1) is 36.3. The number of aryl methyl sites for hydroxylation is 2. The van der Waals surface area contributed by atoms with Crippen molar-refractivity contribution >= 4 is 50.0 Å². The number of benzene rings is 1. The summed E-state index contributed by atoms with van der Waals surface area (Å²) < 4.78 is 45.7. The smallest absolute Gasteiger partial charge is 0.259 e. The third-order valence-corrected chi connectivity index (χ3v) is 13.8. The van der Waals surface area contributed by atoms with Crippen LogP contribution in [0.15, 0.2) is 35.7 Å². The highest BCUT2D eigenvalue weighted by Gasteiger charge is 2.63. The zero-order valence-corrected chi connectivity index (χ0v) is 31.7. The number of nitrogens with one attached hydrogen (secondary N) is 2. The highest BCUT2D eigenvalue weighted by molar-refractivity contribution is 7.91. The van der Waals surface area contributed by atoms with E-state index in [2.05, 4.69) is 15.0 Å². The Bertz CT molecular complexity index is 2060. The summed E-state index contributed by atoms with van der Waals surface area (Å²) in [6, 6.07) is 4.55. The number of aromatic nitrogens is 2. The fourth-order valence-corrected chi connectivity index (χ4v) is 9.04. The van der Waals surface area contributed by atoms with Gasteiger partial charge >= 0.3 is 0 Å². The number of fused-ring (bicyclic) bond motifs is 3. The van der Waals surface area contributed by atoms with E-state index in [9.17, 15) is 22.8 Å². The second kappa shape index (κ2) is 13.7. The molecule has 2 saturated carbocycles. The van der Waals surface area contributed by atoms with Crippen molar-refractivity contribution < 1.29 is 37.0 Å². The van der Waals surface area contributed by atoms with Crippen LogP contribution in [0.25, 0.3) is 22.3 Å². The van der Waals surface area contributed by atoms with Gasteiger partial charge in [0, 0.05) is 41.3 Å². The first-order valence-corrected chi connectivity index (χ1v) is 20.2. The molecule has 2 aliphatic carbocycles. The number of hydrogen-bond acceptors (Lipinski definition) is 11. The number of allylic oxidation sites excluding steroid dienone is 1. The lowest BCUT2D eigenvalue weighted by Gasteiger charge is -2.28. The Labute approximate surface area is 307 Å². The molecule has 7 rings (SSSR count). The van der Waals surface area contributed by atoms with Gasteiger partial charge in [0.15, 0.2) is 0 Å². The Morgan fingerprint density at radius 2 is 1.92 bits per heavy atom. The quantitative estimate of drug-likeness (QED) is 0.332. The summed E-state index contributed by atoms with van der Waals surface area (Å²) in [6.45, 7) is 7.59. The van der Waals surface area contributed by atoms with E-state index in [4.69, 9.17) is 19.2 Å². The zero-order valence-electron chi connectivity index (χ0n) is 30.1. The summed E-state index contributed by atoms with van der Waals surface area (Å²) in [4.78, 5) is 53.0. The maximum Gasteiger partial charge on any atom is 0.259 e. The predicted octanol–water partition coefficient (Wildman–Crippen LogP) is 4.35. The van der Waals surface area contributed by atoms with Crippen LogP contribution in [-0.2, 0) is 29.1 Å². The molecule has 15 heteroatoms. The predicted molar refractivity (Wildman–Crippen MR) is 195 cm³/mol. The molecule has 5 atom stereocenters. The van der Waals surface area contributed by atoms with E-state index in [1.165, 1.54) is 16.2 Å². The van der Waals surface area contributed by atoms with Gasteiger partial charge in [-0.1, -0.05) is 12.2 Å². The molecule has 0 bridgehead atoms. The van der Waals surface area contributed by atoms with E-state index in [1.54, 1.807) is 21.0 Å². The molecule has 3 fully saturated rings. The molecular weight excluding hydrogens is 707 g/mol. The third-order valence-electron chi connectivity index (χ3n) is 10.8. The van der Waals surface area contributed by atoms with E-state index < -0.39 is 56.3 Å². The first-order valence-electron chi connectivity index (χ1n) is 17.8. The maximum absolute atomic E-state index is 14.3. The fraction of sp³-hybridized carbons (Fsp3) is 0.541. The third kappa shape index (κ3) is 6.78. The van der Waals surface area contributed by atoms with Gasteiger partial charge in [0.25, 0.3) is 11.8 Å². The van der Waals surface area contributed by atoms with Gasteiger partial charge in [-0.15, -0.1) is 11.3 Å². The van der Waals surface area contributed by atoms with Gasteiger partial charge in [0.1, 0.15) is 35.3 Å². The van der Waals surface area contributed by atoms with Crippen LogP contribution in [0.1, 0.15) is 69.4 Å². The largest absolute Gasteiger partial charge is 0.496 e. The molecule has 13 nitrogen and oxygen atoms in total. The number of hydrogen-bond donors (Lipinski definition) is 2. The lowest BCUT2D eigenvalue weighted by molar-refractivity contribution is -0.147. The van der Waals surface area contributed by atoms with Crippen molar-refractivity contribution in [1.82, 2.24) is 24.9 Å². The number of methoxy groups -OCH3 is 1. The van der Waals surface area contributed by atoms with E-state index >= 15 is 0 Å². The van der Waals surface area contributed by atoms with Gasteiger partial charge in [-0.25, -0.2) is 18.4 Å². The van der Waals surface area contributed by atoms with Crippen LogP contribution in [0, 0.1) is 19.8 Å². The standard InChI is InChI=1S/C37H45N5O8S2/c1-21-30(48-5)12-11-26-31(17-27(39-32(21)26)28-20-51-23(3)38-28)50-25-16-29-33(43)40-37(35(45)41-52(46,47)36(4)13-14-36)18-24(37)10-8-6-7-9-15-49-22(2)34(44)42(29)19-25/h8,10-12,17,20,22,24-25,29H,6-7,9,13-16,18-19H2,1-5H3,(H,40,43)(H,41,45)/b10-8-/t22-,24-,25-,29+,37-/m1/s1. The van der Waals surface area contributed by atoms with E-state index in [1.807, 2.05) is 49.6 Å². The van der Waals surface area contributed by atoms with Gasteiger partial charge in [0.05, 0.1) is 40.3 Å². The summed E-state index contributed by atoms with van der Waals surface area (Å²) in [7, 11) is -2.34. The molecule has 4 aliphatic rings. The Hall–Kier alpha value is -4.08. The molecule has 1 aromatic carbocycles. The second-order valence-corrected chi connectivity index (χ2v) is 17.9. The number of thiazole rings is 1. The molecule has 0 spiro atoms. The normalized spacial score (nSPS) is 28.1. The number of nitrogens with zero attached hydrogens (tertiary/aromatic N) is 3. The minimum atomic E-state index is -3.95. The minimum absolute atomic E-state index is 0.0873. The molecule has 0 unspecified atom stereocenters. The molecular formula is C37H45N5O8S2. The van der Waals surface area contributed by atoms with Crippen molar-refractivity contribution in [3.05, 3.63) is 46.3 Å². The van der Waals surface area contributed by atoms with Gasteiger partial charge in [-0.2, -0.15) is 0 Å². The number of pyridine rings is 1. The average Bonchev–Trinajstić information content (AvgIpc) is 3.91. The van der Waals surface area contributed by atoms with Gasteiger partial charge in [-0.05, 0) is 78.4 Å². The summed E-state index contributed by atoms with van der Waals surface area (Å²) in [5.74, 6) is -0.886. The molecule has 1 saturated heterocycles.